The SMILES string of the molecule is C1=C2CC(c3c[nH]c4ccccc34)NC2=CCC1. The van der Waals surface area contributed by atoms with Gasteiger partial charge in [0.1, 0.15) is 0 Å². The van der Waals surface area contributed by atoms with E-state index in [0.717, 1.165) is 6.42 Å². The van der Waals surface area contributed by atoms with Gasteiger partial charge in [-0.05, 0) is 36.5 Å². The van der Waals surface area contributed by atoms with Crippen molar-refractivity contribution < 1.29 is 0 Å². The Labute approximate surface area is 106 Å². The molecule has 2 aliphatic rings. The van der Waals surface area contributed by atoms with Crippen LogP contribution in [0.2, 0.25) is 0 Å². The monoisotopic (exact) mass is 236 g/mol. The quantitative estimate of drug-likeness (QED) is 0.774. The van der Waals surface area contributed by atoms with Gasteiger partial charge < -0.3 is 10.3 Å². The first-order chi connectivity index (χ1) is 8.92. The van der Waals surface area contributed by atoms with Gasteiger partial charge in [0.15, 0.2) is 0 Å². The van der Waals surface area contributed by atoms with Gasteiger partial charge in [0.05, 0.1) is 6.04 Å². The second-order valence-electron chi connectivity index (χ2n) is 5.12. The van der Waals surface area contributed by atoms with Crippen molar-refractivity contribution in [3.8, 4) is 0 Å². The number of fused-ring (bicyclic) bond motifs is 2. The summed E-state index contributed by atoms with van der Waals surface area (Å²) in [5.41, 5.74) is 5.47. The molecule has 1 aliphatic carbocycles. The topological polar surface area (TPSA) is 27.8 Å². The molecule has 0 radical (unpaired) electrons. The average molecular weight is 236 g/mol. The summed E-state index contributed by atoms with van der Waals surface area (Å²) in [4.78, 5) is 3.37. The molecule has 1 saturated heterocycles. The highest BCUT2D eigenvalue weighted by atomic mass is 15.0. The minimum absolute atomic E-state index is 0.428. The Morgan fingerprint density at radius 3 is 2.89 bits per heavy atom. The van der Waals surface area contributed by atoms with Crippen LogP contribution in [-0.4, -0.2) is 4.98 Å². The van der Waals surface area contributed by atoms with Gasteiger partial charge in [0, 0.05) is 22.8 Å². The first-order valence-electron chi connectivity index (χ1n) is 6.64. The molecule has 4 rings (SSSR count). The van der Waals surface area contributed by atoms with Crippen molar-refractivity contribution in [2.75, 3.05) is 0 Å². The van der Waals surface area contributed by atoms with Gasteiger partial charge in [-0.2, -0.15) is 0 Å². The molecule has 2 heteroatoms. The van der Waals surface area contributed by atoms with Crippen molar-refractivity contribution >= 4 is 10.9 Å². The first-order valence-corrected chi connectivity index (χ1v) is 6.64. The third-order valence-corrected chi connectivity index (χ3v) is 4.00. The number of H-pyrrole nitrogens is 1. The third-order valence-electron chi connectivity index (χ3n) is 4.00. The minimum Gasteiger partial charge on any atom is -0.378 e. The van der Waals surface area contributed by atoms with Crippen LogP contribution in [0, 0.1) is 0 Å². The summed E-state index contributed by atoms with van der Waals surface area (Å²) in [6.07, 6.45) is 10.4. The zero-order valence-corrected chi connectivity index (χ0v) is 10.2. The largest absolute Gasteiger partial charge is 0.378 e. The molecule has 1 aromatic heterocycles. The molecule has 1 aromatic carbocycles. The number of nitrogens with one attached hydrogen (secondary N) is 2. The van der Waals surface area contributed by atoms with Gasteiger partial charge in [-0.15, -0.1) is 0 Å². The molecule has 2 heterocycles. The number of hydrogen-bond donors (Lipinski definition) is 2. The van der Waals surface area contributed by atoms with Crippen LogP contribution in [0.15, 0.2) is 53.9 Å². The summed E-state index contributed by atoms with van der Waals surface area (Å²) in [7, 11) is 0. The zero-order valence-electron chi connectivity index (χ0n) is 10.2. The van der Waals surface area contributed by atoms with Crippen LogP contribution in [-0.2, 0) is 0 Å². The molecule has 2 N–H and O–H groups in total. The van der Waals surface area contributed by atoms with E-state index in [2.05, 4.69) is 52.9 Å². The van der Waals surface area contributed by atoms with E-state index in [9.17, 15) is 0 Å². The summed E-state index contributed by atoms with van der Waals surface area (Å²) in [6.45, 7) is 0. The van der Waals surface area contributed by atoms with Crippen molar-refractivity contribution in [1.82, 2.24) is 10.3 Å². The summed E-state index contributed by atoms with van der Waals surface area (Å²) in [6, 6.07) is 8.96. The van der Waals surface area contributed by atoms with E-state index in [0.29, 0.717) is 6.04 Å². The zero-order chi connectivity index (χ0) is 11.9. The predicted molar refractivity (Wildman–Crippen MR) is 74.2 cm³/mol. The molecule has 90 valence electrons. The van der Waals surface area contributed by atoms with Crippen molar-refractivity contribution in [1.29, 1.82) is 0 Å². The lowest BCUT2D eigenvalue weighted by Crippen LogP contribution is -2.11. The first kappa shape index (κ1) is 10.0. The molecule has 0 amide bonds. The van der Waals surface area contributed by atoms with Gasteiger partial charge in [0.25, 0.3) is 0 Å². The fraction of sp³-hybridized carbons (Fsp3) is 0.250. The van der Waals surface area contributed by atoms with E-state index >= 15 is 0 Å². The van der Waals surface area contributed by atoms with Crippen molar-refractivity contribution in [3.63, 3.8) is 0 Å². The Kier molecular flexibility index (Phi) is 2.10. The van der Waals surface area contributed by atoms with E-state index < -0.39 is 0 Å². The molecular formula is C16H16N2. The van der Waals surface area contributed by atoms with Crippen LogP contribution in [0.25, 0.3) is 10.9 Å². The molecule has 0 spiro atoms. The van der Waals surface area contributed by atoms with Crippen molar-refractivity contribution in [2.45, 2.75) is 25.3 Å². The highest BCUT2D eigenvalue weighted by Crippen LogP contribution is 2.37. The molecule has 18 heavy (non-hydrogen) atoms. The van der Waals surface area contributed by atoms with Crippen LogP contribution in [0.1, 0.15) is 30.9 Å². The van der Waals surface area contributed by atoms with Gasteiger partial charge >= 0.3 is 0 Å². The summed E-state index contributed by atoms with van der Waals surface area (Å²) in [5.74, 6) is 0. The Balaban J connectivity index is 1.76. The Morgan fingerprint density at radius 2 is 1.94 bits per heavy atom. The standard InChI is InChI=1S/C16H16N2/c1-3-7-14-11(5-1)9-16(18-14)13-10-17-15-8-4-2-6-12(13)15/h2,4-8,10,16-18H,1,3,9H2. The maximum atomic E-state index is 3.66. The van der Waals surface area contributed by atoms with E-state index in [1.54, 1.807) is 0 Å². The normalized spacial score (nSPS) is 22.3. The molecule has 0 saturated carbocycles. The van der Waals surface area contributed by atoms with E-state index in [1.165, 1.54) is 40.6 Å². The Morgan fingerprint density at radius 1 is 1.06 bits per heavy atom. The van der Waals surface area contributed by atoms with Gasteiger partial charge in [-0.3, -0.25) is 0 Å². The molecule has 1 fully saturated rings. The minimum atomic E-state index is 0.428. The fourth-order valence-electron chi connectivity index (χ4n) is 3.10. The lowest BCUT2D eigenvalue weighted by Gasteiger charge is -2.10. The summed E-state index contributed by atoms with van der Waals surface area (Å²) < 4.78 is 0. The number of para-hydroxylation sites is 1. The van der Waals surface area contributed by atoms with Crippen LogP contribution in [0.5, 0.6) is 0 Å². The molecular weight excluding hydrogens is 220 g/mol. The number of aromatic nitrogens is 1. The van der Waals surface area contributed by atoms with Crippen LogP contribution in [0.3, 0.4) is 0 Å². The number of rotatable bonds is 1. The predicted octanol–water partition coefficient (Wildman–Crippen LogP) is 3.81. The molecule has 1 unspecified atom stereocenters. The lowest BCUT2D eigenvalue weighted by atomic mass is 9.99. The second-order valence-corrected chi connectivity index (χ2v) is 5.12. The number of allylic oxidation sites excluding steroid dienone is 3. The van der Waals surface area contributed by atoms with Gasteiger partial charge in [-0.1, -0.05) is 30.4 Å². The van der Waals surface area contributed by atoms with Gasteiger partial charge in [0.2, 0.25) is 0 Å². The molecule has 0 bridgehead atoms. The molecule has 1 aliphatic heterocycles. The summed E-state index contributed by atoms with van der Waals surface area (Å²) >= 11 is 0. The average Bonchev–Trinajstić information content (AvgIpc) is 3.02. The Bertz CT molecular complexity index is 639. The number of aromatic amines is 1. The van der Waals surface area contributed by atoms with Crippen LogP contribution < -0.4 is 5.32 Å². The molecule has 1 atom stereocenters. The fourth-order valence-corrected chi connectivity index (χ4v) is 3.10. The highest BCUT2D eigenvalue weighted by molar-refractivity contribution is 5.83. The van der Waals surface area contributed by atoms with Gasteiger partial charge in [-0.25, -0.2) is 0 Å². The van der Waals surface area contributed by atoms with Crippen LogP contribution >= 0.6 is 0 Å². The Hall–Kier alpha value is -1.96. The maximum Gasteiger partial charge on any atom is 0.0575 e. The summed E-state index contributed by atoms with van der Waals surface area (Å²) in [5, 5.41) is 5.00. The molecule has 2 aromatic rings. The van der Waals surface area contributed by atoms with Crippen molar-refractivity contribution in [2.24, 2.45) is 0 Å². The lowest BCUT2D eigenvalue weighted by molar-refractivity contribution is 0.680. The number of benzene rings is 1. The highest BCUT2D eigenvalue weighted by Gasteiger charge is 2.26. The maximum absolute atomic E-state index is 3.66. The third kappa shape index (κ3) is 1.42. The molecule has 2 nitrogen and oxygen atoms in total. The van der Waals surface area contributed by atoms with E-state index in [4.69, 9.17) is 0 Å². The smallest absolute Gasteiger partial charge is 0.0575 e. The second kappa shape index (κ2) is 3.77. The van der Waals surface area contributed by atoms with Crippen molar-refractivity contribution in [3.05, 3.63) is 59.4 Å². The van der Waals surface area contributed by atoms with Crippen LogP contribution in [0.4, 0.5) is 0 Å². The number of hydrogen-bond acceptors (Lipinski definition) is 1. The van der Waals surface area contributed by atoms with E-state index in [1.807, 2.05) is 0 Å². The van der Waals surface area contributed by atoms with E-state index in [-0.39, 0.29) is 0 Å².